The van der Waals surface area contributed by atoms with Gasteiger partial charge in [0, 0.05) is 24.5 Å². The Labute approximate surface area is 139 Å². The molecular weight excluding hydrogens is 288 g/mol. The van der Waals surface area contributed by atoms with Crippen molar-refractivity contribution in [2.45, 2.75) is 57.6 Å². The van der Waals surface area contributed by atoms with E-state index < -0.39 is 5.60 Å². The van der Waals surface area contributed by atoms with E-state index in [9.17, 15) is 4.79 Å². The van der Waals surface area contributed by atoms with E-state index in [1.54, 1.807) is 0 Å². The van der Waals surface area contributed by atoms with Gasteiger partial charge in [-0.25, -0.2) is 4.79 Å². The molecule has 1 amide bonds. The predicted molar refractivity (Wildman–Crippen MR) is 91.3 cm³/mol. The molecule has 2 fully saturated rings. The average molecular weight is 316 g/mol. The molecule has 1 aromatic carbocycles. The van der Waals surface area contributed by atoms with Gasteiger partial charge >= 0.3 is 6.09 Å². The molecule has 1 saturated carbocycles. The van der Waals surface area contributed by atoms with Gasteiger partial charge in [0.1, 0.15) is 5.60 Å². The quantitative estimate of drug-likeness (QED) is 0.907. The van der Waals surface area contributed by atoms with Gasteiger partial charge in [0.05, 0.1) is 0 Å². The van der Waals surface area contributed by atoms with Crippen molar-refractivity contribution in [3.8, 4) is 0 Å². The van der Waals surface area contributed by atoms with E-state index in [0.29, 0.717) is 5.92 Å². The van der Waals surface area contributed by atoms with Crippen molar-refractivity contribution in [1.29, 1.82) is 0 Å². The number of fused-ring (bicyclic) bond motifs is 1. The highest BCUT2D eigenvalue weighted by Crippen LogP contribution is 2.60. The summed E-state index contributed by atoms with van der Waals surface area (Å²) in [5.74, 6) is 0.531. The Balaban J connectivity index is 1.73. The fraction of sp³-hybridized carbons (Fsp3) is 0.632. The highest BCUT2D eigenvalue weighted by molar-refractivity contribution is 5.68. The third kappa shape index (κ3) is 3.09. The number of piperidine rings is 1. The summed E-state index contributed by atoms with van der Waals surface area (Å²) >= 11 is 0. The molecule has 1 aliphatic heterocycles. The van der Waals surface area contributed by atoms with Gasteiger partial charge in [0.2, 0.25) is 0 Å². The molecule has 3 rings (SSSR count). The molecule has 0 aromatic heterocycles. The summed E-state index contributed by atoms with van der Waals surface area (Å²) in [6.07, 6.45) is 1.97. The lowest BCUT2D eigenvalue weighted by Gasteiger charge is -2.34. The Morgan fingerprint density at radius 2 is 2.09 bits per heavy atom. The monoisotopic (exact) mass is 316 g/mol. The lowest BCUT2D eigenvalue weighted by Crippen LogP contribution is -2.43. The van der Waals surface area contributed by atoms with Gasteiger partial charge in [-0.05, 0) is 57.6 Å². The summed E-state index contributed by atoms with van der Waals surface area (Å²) in [7, 11) is 0. The number of carbonyl (C=O) groups excluding carboxylic acids is 1. The fourth-order valence-corrected chi connectivity index (χ4v) is 3.92. The van der Waals surface area contributed by atoms with E-state index in [1.807, 2.05) is 32.6 Å². The molecule has 1 aromatic rings. The summed E-state index contributed by atoms with van der Waals surface area (Å²) in [4.78, 5) is 14.1. The van der Waals surface area contributed by atoms with Gasteiger partial charge in [-0.2, -0.15) is 0 Å². The Bertz CT molecular complexity index is 606. The van der Waals surface area contributed by atoms with Gasteiger partial charge in [0.25, 0.3) is 0 Å². The number of rotatable bonds is 2. The first-order valence-electron chi connectivity index (χ1n) is 8.56. The number of likely N-dealkylation sites (tertiary alicyclic amines) is 1. The standard InChI is InChI=1S/C19H28N2O2/c1-13(20)15-7-5-6-8-16(15)19-9-10-21(12-14(19)11-19)17(22)23-18(2,3)4/h5-8,13-14H,9-12,20H2,1-4H3. The van der Waals surface area contributed by atoms with Crippen LogP contribution in [0.2, 0.25) is 0 Å². The van der Waals surface area contributed by atoms with Crippen LogP contribution in [0.25, 0.3) is 0 Å². The van der Waals surface area contributed by atoms with Crippen LogP contribution >= 0.6 is 0 Å². The van der Waals surface area contributed by atoms with Crippen molar-refractivity contribution >= 4 is 6.09 Å². The maximum atomic E-state index is 12.3. The van der Waals surface area contributed by atoms with Crippen LogP contribution in [0.4, 0.5) is 4.79 Å². The summed E-state index contributed by atoms with van der Waals surface area (Å²) in [6, 6.07) is 8.58. The first kappa shape index (κ1) is 16.3. The summed E-state index contributed by atoms with van der Waals surface area (Å²) < 4.78 is 5.51. The number of ether oxygens (including phenoxy) is 1. The van der Waals surface area contributed by atoms with Gasteiger partial charge in [-0.15, -0.1) is 0 Å². The van der Waals surface area contributed by atoms with Crippen LogP contribution in [0, 0.1) is 5.92 Å². The maximum Gasteiger partial charge on any atom is 0.410 e. The second-order valence-electron chi connectivity index (χ2n) is 8.11. The van der Waals surface area contributed by atoms with Gasteiger partial charge in [-0.1, -0.05) is 24.3 Å². The van der Waals surface area contributed by atoms with E-state index in [2.05, 4.69) is 24.3 Å². The Kier molecular flexibility index (Phi) is 3.91. The van der Waals surface area contributed by atoms with Gasteiger partial charge < -0.3 is 15.4 Å². The summed E-state index contributed by atoms with van der Waals surface area (Å²) in [6.45, 7) is 9.34. The van der Waals surface area contributed by atoms with Crippen LogP contribution in [0.1, 0.15) is 57.7 Å². The van der Waals surface area contributed by atoms with Crippen molar-refractivity contribution in [2.75, 3.05) is 13.1 Å². The second kappa shape index (κ2) is 5.52. The first-order chi connectivity index (χ1) is 10.7. The third-order valence-corrected chi connectivity index (χ3v) is 5.14. The van der Waals surface area contributed by atoms with Crippen molar-refractivity contribution < 1.29 is 9.53 Å². The van der Waals surface area contributed by atoms with E-state index in [4.69, 9.17) is 10.5 Å². The van der Waals surface area contributed by atoms with Crippen molar-refractivity contribution in [1.82, 2.24) is 4.90 Å². The topological polar surface area (TPSA) is 55.6 Å². The molecule has 2 aliphatic rings. The van der Waals surface area contributed by atoms with Crippen molar-refractivity contribution in [3.05, 3.63) is 35.4 Å². The number of nitrogens with zero attached hydrogens (tertiary/aromatic N) is 1. The Morgan fingerprint density at radius 3 is 2.70 bits per heavy atom. The van der Waals surface area contributed by atoms with E-state index in [-0.39, 0.29) is 17.6 Å². The molecular formula is C19H28N2O2. The molecule has 4 nitrogen and oxygen atoms in total. The number of benzene rings is 1. The zero-order valence-corrected chi connectivity index (χ0v) is 14.6. The highest BCUT2D eigenvalue weighted by atomic mass is 16.6. The van der Waals surface area contributed by atoms with Crippen molar-refractivity contribution in [3.63, 3.8) is 0 Å². The number of carbonyl (C=O) groups is 1. The number of hydrogen-bond acceptors (Lipinski definition) is 3. The molecule has 0 radical (unpaired) electrons. The zero-order valence-electron chi connectivity index (χ0n) is 14.6. The summed E-state index contributed by atoms with van der Waals surface area (Å²) in [5, 5.41) is 0. The van der Waals surface area contributed by atoms with Crippen LogP contribution in [0.5, 0.6) is 0 Å². The van der Waals surface area contributed by atoms with Crippen LogP contribution in [0.15, 0.2) is 24.3 Å². The number of amides is 1. The lowest BCUT2D eigenvalue weighted by atomic mass is 9.83. The van der Waals surface area contributed by atoms with Crippen LogP contribution < -0.4 is 5.73 Å². The number of nitrogens with two attached hydrogens (primary N) is 1. The number of hydrogen-bond donors (Lipinski definition) is 1. The molecule has 0 spiro atoms. The summed E-state index contributed by atoms with van der Waals surface area (Å²) in [5.41, 5.74) is 8.59. The highest BCUT2D eigenvalue weighted by Gasteiger charge is 2.59. The smallest absolute Gasteiger partial charge is 0.410 e. The largest absolute Gasteiger partial charge is 0.444 e. The van der Waals surface area contributed by atoms with E-state index in [0.717, 1.165) is 25.9 Å². The van der Waals surface area contributed by atoms with Crippen LogP contribution in [-0.4, -0.2) is 29.7 Å². The van der Waals surface area contributed by atoms with Crippen LogP contribution in [0.3, 0.4) is 0 Å². The van der Waals surface area contributed by atoms with Crippen molar-refractivity contribution in [2.24, 2.45) is 11.7 Å². The second-order valence-corrected chi connectivity index (χ2v) is 8.11. The SMILES string of the molecule is CC(N)c1ccccc1C12CCN(C(=O)OC(C)(C)C)CC1C2. The molecule has 2 N–H and O–H groups in total. The fourth-order valence-electron chi connectivity index (χ4n) is 3.92. The van der Waals surface area contributed by atoms with Gasteiger partial charge in [-0.3, -0.25) is 0 Å². The van der Waals surface area contributed by atoms with E-state index >= 15 is 0 Å². The molecule has 126 valence electrons. The normalized spacial score (nSPS) is 28.0. The van der Waals surface area contributed by atoms with Gasteiger partial charge in [0.15, 0.2) is 0 Å². The molecule has 23 heavy (non-hydrogen) atoms. The molecule has 1 heterocycles. The minimum absolute atomic E-state index is 0.0470. The Hall–Kier alpha value is -1.55. The van der Waals surface area contributed by atoms with Crippen LogP contribution in [-0.2, 0) is 10.2 Å². The lowest BCUT2D eigenvalue weighted by molar-refractivity contribution is 0.0198. The maximum absolute atomic E-state index is 12.3. The minimum Gasteiger partial charge on any atom is -0.444 e. The predicted octanol–water partition coefficient (Wildman–Crippen LogP) is 3.60. The molecule has 0 bridgehead atoms. The Morgan fingerprint density at radius 1 is 1.39 bits per heavy atom. The zero-order chi connectivity index (χ0) is 16.8. The molecule has 1 saturated heterocycles. The molecule has 3 atom stereocenters. The minimum atomic E-state index is -0.434. The first-order valence-corrected chi connectivity index (χ1v) is 8.56. The molecule has 4 heteroatoms. The molecule has 1 aliphatic carbocycles. The van der Waals surface area contributed by atoms with E-state index in [1.165, 1.54) is 11.1 Å². The third-order valence-electron chi connectivity index (χ3n) is 5.14. The average Bonchev–Trinajstić information content (AvgIpc) is 3.20. The molecule has 3 unspecified atom stereocenters.